The second-order valence-electron chi connectivity index (χ2n) is 4.60. The molecule has 21 heavy (non-hydrogen) atoms. The monoisotopic (exact) mass is 327 g/mol. The van der Waals surface area contributed by atoms with Crippen LogP contribution in [0.2, 0.25) is 5.02 Å². The van der Waals surface area contributed by atoms with Crippen LogP contribution in [0.5, 0.6) is 0 Å². The van der Waals surface area contributed by atoms with Gasteiger partial charge in [0.2, 0.25) is 0 Å². The van der Waals surface area contributed by atoms with Gasteiger partial charge in [-0.15, -0.1) is 0 Å². The maximum absolute atomic E-state index is 12.1. The van der Waals surface area contributed by atoms with Crippen molar-refractivity contribution in [3.8, 4) is 11.8 Å². The van der Waals surface area contributed by atoms with Gasteiger partial charge in [0, 0.05) is 40.0 Å². The third-order valence-corrected chi connectivity index (χ3v) is 3.87. The smallest absolute Gasteiger partial charge is 0.251 e. The lowest BCUT2D eigenvalue weighted by Gasteiger charge is -2.13. The maximum atomic E-state index is 12.1. The summed E-state index contributed by atoms with van der Waals surface area (Å²) in [5.74, 6) is 5.53. The van der Waals surface area contributed by atoms with Gasteiger partial charge in [-0.1, -0.05) is 23.4 Å². The normalized spacial score (nSPS) is 13.0. The molecule has 0 saturated heterocycles. The first-order chi connectivity index (χ1) is 9.93. The summed E-state index contributed by atoms with van der Waals surface area (Å²) >= 11 is 6.04. The average Bonchev–Trinajstić information content (AvgIpc) is 2.43. The van der Waals surface area contributed by atoms with Crippen LogP contribution in [-0.4, -0.2) is 39.9 Å². The Morgan fingerprint density at radius 2 is 2.24 bits per heavy atom. The number of nitrogens with one attached hydrogen (secondary N) is 1. The molecule has 0 fully saturated rings. The van der Waals surface area contributed by atoms with Crippen molar-refractivity contribution in [1.82, 2.24) is 5.32 Å². The molecule has 0 saturated carbocycles. The Labute approximate surface area is 132 Å². The van der Waals surface area contributed by atoms with E-state index in [2.05, 4.69) is 17.2 Å². The first-order valence-corrected chi connectivity index (χ1v) is 8.54. The molecule has 0 aliphatic heterocycles. The molecule has 2 atom stereocenters. The number of rotatable bonds is 5. The third-order valence-electron chi connectivity index (χ3n) is 2.75. The Kier molecular flexibility index (Phi) is 7.44. The summed E-state index contributed by atoms with van der Waals surface area (Å²) in [5.41, 5.74) is 1.01. The summed E-state index contributed by atoms with van der Waals surface area (Å²) in [6.07, 6.45) is 2.29. The molecule has 0 aliphatic rings. The van der Waals surface area contributed by atoms with E-state index in [1.54, 1.807) is 24.5 Å². The Hall–Kier alpha value is -1.35. The average molecular weight is 328 g/mol. The number of carbonyl (C=O) groups excluding carboxylic acids is 1. The van der Waals surface area contributed by atoms with E-state index in [1.807, 2.05) is 6.92 Å². The van der Waals surface area contributed by atoms with Gasteiger partial charge in [-0.2, -0.15) is 0 Å². The number of benzene rings is 1. The highest BCUT2D eigenvalue weighted by Gasteiger charge is 2.11. The minimum absolute atomic E-state index is 0.0611. The predicted octanol–water partition coefficient (Wildman–Crippen LogP) is 1.57. The molecule has 2 unspecified atom stereocenters. The van der Waals surface area contributed by atoms with E-state index in [4.69, 9.17) is 16.7 Å². The molecule has 4 nitrogen and oxygen atoms in total. The third kappa shape index (κ3) is 6.30. The lowest BCUT2D eigenvalue weighted by molar-refractivity contribution is 0.0939. The Bertz CT molecular complexity index is 592. The standard InChI is InChI=1S/C15H18ClNO3S/c1-11(7-9-21(2)20)17-15(19)13-6-5-12(4-3-8-18)14(16)10-13/h5-6,10-11,18H,7-9H2,1-2H3,(H,17,19). The molecule has 1 amide bonds. The summed E-state index contributed by atoms with van der Waals surface area (Å²) in [4.78, 5) is 12.1. The van der Waals surface area contributed by atoms with Gasteiger partial charge < -0.3 is 10.4 Å². The zero-order valence-corrected chi connectivity index (χ0v) is 13.6. The van der Waals surface area contributed by atoms with E-state index in [1.165, 1.54) is 0 Å². The van der Waals surface area contributed by atoms with Crippen LogP contribution >= 0.6 is 11.6 Å². The van der Waals surface area contributed by atoms with E-state index in [-0.39, 0.29) is 18.6 Å². The fourth-order valence-corrected chi connectivity index (χ4v) is 2.53. The number of amides is 1. The Balaban J connectivity index is 2.70. The number of hydrogen-bond acceptors (Lipinski definition) is 3. The SMILES string of the molecule is CC(CCS(C)=O)NC(=O)c1ccc(C#CCO)c(Cl)c1. The van der Waals surface area contributed by atoms with Crippen LogP contribution in [0.15, 0.2) is 18.2 Å². The lowest BCUT2D eigenvalue weighted by Crippen LogP contribution is -2.33. The minimum atomic E-state index is -0.864. The summed E-state index contributed by atoms with van der Waals surface area (Å²) < 4.78 is 11.0. The van der Waals surface area contributed by atoms with E-state index in [9.17, 15) is 9.00 Å². The van der Waals surface area contributed by atoms with Gasteiger partial charge in [-0.25, -0.2) is 0 Å². The van der Waals surface area contributed by atoms with Crippen LogP contribution in [0.1, 0.15) is 29.3 Å². The zero-order chi connectivity index (χ0) is 15.8. The Morgan fingerprint density at radius 1 is 1.52 bits per heavy atom. The van der Waals surface area contributed by atoms with E-state index >= 15 is 0 Å². The quantitative estimate of drug-likeness (QED) is 0.807. The van der Waals surface area contributed by atoms with Gasteiger partial charge in [-0.05, 0) is 31.5 Å². The van der Waals surface area contributed by atoms with Crippen LogP contribution in [0, 0.1) is 11.8 Å². The van der Waals surface area contributed by atoms with E-state index in [0.717, 1.165) is 0 Å². The molecule has 1 rings (SSSR count). The van der Waals surface area contributed by atoms with Gasteiger partial charge >= 0.3 is 0 Å². The van der Waals surface area contributed by atoms with Crippen molar-refractivity contribution < 1.29 is 14.1 Å². The minimum Gasteiger partial charge on any atom is -0.384 e. The molecule has 0 aromatic heterocycles. The Morgan fingerprint density at radius 3 is 2.81 bits per heavy atom. The molecule has 1 aromatic rings. The highest BCUT2D eigenvalue weighted by Crippen LogP contribution is 2.17. The fourth-order valence-electron chi connectivity index (χ4n) is 1.61. The van der Waals surface area contributed by atoms with Gasteiger partial charge in [0.25, 0.3) is 5.91 Å². The molecule has 0 spiro atoms. The van der Waals surface area contributed by atoms with Crippen molar-refractivity contribution in [2.75, 3.05) is 18.6 Å². The molecule has 114 valence electrons. The zero-order valence-electron chi connectivity index (χ0n) is 12.0. The molecule has 6 heteroatoms. The molecule has 0 radical (unpaired) electrons. The van der Waals surface area contributed by atoms with Crippen LogP contribution in [0.4, 0.5) is 0 Å². The molecule has 1 aromatic carbocycles. The van der Waals surface area contributed by atoms with Gasteiger partial charge in [0.15, 0.2) is 0 Å². The topological polar surface area (TPSA) is 66.4 Å². The highest BCUT2D eigenvalue weighted by atomic mass is 35.5. The molecule has 0 bridgehead atoms. The van der Waals surface area contributed by atoms with Crippen molar-refractivity contribution in [3.63, 3.8) is 0 Å². The first-order valence-electron chi connectivity index (χ1n) is 6.44. The van der Waals surface area contributed by atoms with Crippen LogP contribution in [0.25, 0.3) is 0 Å². The van der Waals surface area contributed by atoms with E-state index < -0.39 is 10.8 Å². The van der Waals surface area contributed by atoms with Crippen LogP contribution in [0.3, 0.4) is 0 Å². The van der Waals surface area contributed by atoms with Gasteiger partial charge in [0.05, 0.1) is 5.02 Å². The second-order valence-corrected chi connectivity index (χ2v) is 6.56. The highest BCUT2D eigenvalue weighted by molar-refractivity contribution is 7.84. The van der Waals surface area contributed by atoms with Crippen LogP contribution < -0.4 is 5.32 Å². The molecule has 2 N–H and O–H groups in total. The second kappa shape index (κ2) is 8.83. The van der Waals surface area contributed by atoms with Crippen molar-refractivity contribution >= 4 is 28.3 Å². The molecule has 0 aliphatic carbocycles. The largest absolute Gasteiger partial charge is 0.384 e. The number of hydrogen-bond donors (Lipinski definition) is 2. The van der Waals surface area contributed by atoms with Gasteiger partial charge in [0.1, 0.15) is 6.61 Å². The first kappa shape index (κ1) is 17.7. The summed E-state index contributed by atoms with van der Waals surface area (Å²) in [7, 11) is -0.864. The summed E-state index contributed by atoms with van der Waals surface area (Å²) in [5, 5.41) is 11.8. The van der Waals surface area contributed by atoms with Crippen molar-refractivity contribution in [2.24, 2.45) is 0 Å². The summed E-state index contributed by atoms with van der Waals surface area (Å²) in [6.45, 7) is 1.63. The summed E-state index contributed by atoms with van der Waals surface area (Å²) in [6, 6.07) is 4.76. The van der Waals surface area contributed by atoms with Crippen LogP contribution in [-0.2, 0) is 10.8 Å². The number of aliphatic hydroxyl groups excluding tert-OH is 1. The molecular formula is C15H18ClNO3S. The van der Waals surface area contributed by atoms with Crippen molar-refractivity contribution in [2.45, 2.75) is 19.4 Å². The number of aliphatic hydroxyl groups is 1. The number of carbonyl (C=O) groups is 1. The number of halogens is 1. The lowest BCUT2D eigenvalue weighted by atomic mass is 10.1. The fraction of sp³-hybridized carbons (Fsp3) is 0.400. The van der Waals surface area contributed by atoms with Crippen molar-refractivity contribution in [1.29, 1.82) is 0 Å². The molecule has 0 heterocycles. The molecular weight excluding hydrogens is 310 g/mol. The van der Waals surface area contributed by atoms with E-state index in [0.29, 0.717) is 28.3 Å². The predicted molar refractivity (Wildman–Crippen MR) is 85.9 cm³/mol. The maximum Gasteiger partial charge on any atom is 0.251 e. The van der Waals surface area contributed by atoms with Crippen molar-refractivity contribution in [3.05, 3.63) is 34.3 Å². The van der Waals surface area contributed by atoms with Gasteiger partial charge in [-0.3, -0.25) is 9.00 Å².